The van der Waals surface area contributed by atoms with E-state index in [9.17, 15) is 4.79 Å². The van der Waals surface area contributed by atoms with E-state index in [0.717, 1.165) is 0 Å². The molecule has 0 spiro atoms. The summed E-state index contributed by atoms with van der Waals surface area (Å²) in [6, 6.07) is -0.0625. The van der Waals surface area contributed by atoms with Crippen molar-refractivity contribution in [2.24, 2.45) is 5.92 Å². The Hall–Kier alpha value is -1.12. The Labute approximate surface area is 72.4 Å². The van der Waals surface area contributed by atoms with Crippen LogP contribution in [0.25, 0.3) is 0 Å². The summed E-state index contributed by atoms with van der Waals surface area (Å²) < 4.78 is 1.85. The molecule has 1 rings (SSSR count). The van der Waals surface area contributed by atoms with Crippen molar-refractivity contribution in [1.29, 1.82) is 0 Å². The van der Waals surface area contributed by atoms with E-state index in [0.29, 0.717) is 5.92 Å². The fraction of sp³-hybridized carbons (Fsp3) is 0.556. The number of ketones is 1. The van der Waals surface area contributed by atoms with Gasteiger partial charge in [0.15, 0.2) is 5.78 Å². The molecule has 1 heterocycles. The molecule has 0 N–H and O–H groups in total. The fourth-order valence-corrected chi connectivity index (χ4v) is 1.46. The molecule has 3 heteroatoms. The molecule has 12 heavy (non-hydrogen) atoms. The molecule has 0 aromatic carbocycles. The van der Waals surface area contributed by atoms with Crippen LogP contribution in [0.3, 0.4) is 0 Å². The van der Waals surface area contributed by atoms with Gasteiger partial charge >= 0.3 is 0 Å². The molecular formula is C9H14N2O. The smallest absolute Gasteiger partial charge is 0.152 e. The van der Waals surface area contributed by atoms with Crippen molar-refractivity contribution in [3.05, 3.63) is 18.7 Å². The first kappa shape index (κ1) is 8.97. The molecule has 0 aliphatic carbocycles. The van der Waals surface area contributed by atoms with Gasteiger partial charge in [-0.2, -0.15) is 0 Å². The van der Waals surface area contributed by atoms with Crippen LogP contribution >= 0.6 is 0 Å². The van der Waals surface area contributed by atoms with Gasteiger partial charge in [-0.05, 0) is 12.8 Å². The molecule has 3 nitrogen and oxygen atoms in total. The highest BCUT2D eigenvalue weighted by atomic mass is 16.1. The zero-order chi connectivity index (χ0) is 9.14. The summed E-state index contributed by atoms with van der Waals surface area (Å²) in [4.78, 5) is 15.2. The van der Waals surface area contributed by atoms with Crippen molar-refractivity contribution < 1.29 is 4.79 Å². The van der Waals surface area contributed by atoms with Gasteiger partial charge in [-0.15, -0.1) is 0 Å². The largest absolute Gasteiger partial charge is 0.327 e. The standard InChI is InChI=1S/C9H14N2O/c1-7(2)9(8(3)12)11-5-4-10-6-11/h4-7,9H,1-3H3/t9-/m0/s1. The summed E-state index contributed by atoms with van der Waals surface area (Å²) in [5, 5.41) is 0. The molecule has 0 amide bonds. The Balaban J connectivity index is 2.88. The Bertz CT molecular complexity index is 252. The van der Waals surface area contributed by atoms with Gasteiger partial charge in [-0.25, -0.2) is 4.98 Å². The van der Waals surface area contributed by atoms with Crippen LogP contribution in [0.5, 0.6) is 0 Å². The van der Waals surface area contributed by atoms with Gasteiger partial charge in [-0.1, -0.05) is 13.8 Å². The van der Waals surface area contributed by atoms with Crippen LogP contribution in [0.2, 0.25) is 0 Å². The molecule has 0 radical (unpaired) electrons. The van der Waals surface area contributed by atoms with E-state index in [1.165, 1.54) is 0 Å². The molecule has 1 atom stereocenters. The van der Waals surface area contributed by atoms with E-state index in [-0.39, 0.29) is 11.8 Å². The number of Topliss-reactive ketones (excluding diaryl/α,β-unsaturated/α-hetero) is 1. The van der Waals surface area contributed by atoms with Crippen LogP contribution in [-0.4, -0.2) is 15.3 Å². The maximum atomic E-state index is 11.2. The van der Waals surface area contributed by atoms with Gasteiger partial charge in [0.25, 0.3) is 0 Å². The number of carbonyl (C=O) groups excluding carboxylic acids is 1. The Morgan fingerprint density at radius 2 is 2.17 bits per heavy atom. The molecule has 0 saturated carbocycles. The highest BCUT2D eigenvalue weighted by Crippen LogP contribution is 2.17. The third kappa shape index (κ3) is 1.72. The third-order valence-electron chi connectivity index (χ3n) is 1.89. The van der Waals surface area contributed by atoms with E-state index in [1.807, 2.05) is 24.6 Å². The molecule has 0 aliphatic rings. The number of hydrogen-bond acceptors (Lipinski definition) is 2. The highest BCUT2D eigenvalue weighted by Gasteiger charge is 2.18. The van der Waals surface area contributed by atoms with Gasteiger partial charge in [0.05, 0.1) is 12.4 Å². The van der Waals surface area contributed by atoms with Gasteiger partial charge in [0.1, 0.15) is 0 Å². The summed E-state index contributed by atoms with van der Waals surface area (Å²) >= 11 is 0. The van der Waals surface area contributed by atoms with Crippen molar-refractivity contribution in [3.63, 3.8) is 0 Å². The predicted molar refractivity (Wildman–Crippen MR) is 46.8 cm³/mol. The molecule has 0 aliphatic heterocycles. The number of imidazole rings is 1. The zero-order valence-electron chi connectivity index (χ0n) is 7.69. The van der Waals surface area contributed by atoms with E-state index >= 15 is 0 Å². The second-order valence-electron chi connectivity index (χ2n) is 3.31. The highest BCUT2D eigenvalue weighted by molar-refractivity contribution is 5.80. The quantitative estimate of drug-likeness (QED) is 0.684. The molecule has 1 aromatic rings. The van der Waals surface area contributed by atoms with Gasteiger partial charge in [0.2, 0.25) is 0 Å². The van der Waals surface area contributed by atoms with Crippen LogP contribution < -0.4 is 0 Å². The van der Waals surface area contributed by atoms with E-state index < -0.39 is 0 Å². The van der Waals surface area contributed by atoms with E-state index in [4.69, 9.17) is 0 Å². The number of nitrogens with zero attached hydrogens (tertiary/aromatic N) is 2. The fourth-order valence-electron chi connectivity index (χ4n) is 1.46. The minimum absolute atomic E-state index is 0.0625. The molecule has 0 bridgehead atoms. The van der Waals surface area contributed by atoms with Crippen molar-refractivity contribution in [1.82, 2.24) is 9.55 Å². The number of rotatable bonds is 3. The molecule has 0 unspecified atom stereocenters. The Kier molecular flexibility index (Phi) is 2.63. The molecule has 0 saturated heterocycles. The van der Waals surface area contributed by atoms with E-state index in [2.05, 4.69) is 4.98 Å². The van der Waals surface area contributed by atoms with Crippen LogP contribution in [0.1, 0.15) is 26.8 Å². The predicted octanol–water partition coefficient (Wildman–Crippen LogP) is 1.67. The van der Waals surface area contributed by atoms with Crippen LogP contribution in [-0.2, 0) is 4.79 Å². The Morgan fingerprint density at radius 3 is 2.50 bits per heavy atom. The first-order valence-electron chi connectivity index (χ1n) is 4.11. The molecule has 0 fully saturated rings. The normalized spacial score (nSPS) is 13.3. The molecular weight excluding hydrogens is 152 g/mol. The number of hydrogen-bond donors (Lipinski definition) is 0. The first-order chi connectivity index (χ1) is 5.63. The van der Waals surface area contributed by atoms with Crippen LogP contribution in [0.4, 0.5) is 0 Å². The van der Waals surface area contributed by atoms with Gasteiger partial charge in [0, 0.05) is 12.4 Å². The summed E-state index contributed by atoms with van der Waals surface area (Å²) in [6.07, 6.45) is 5.20. The minimum atomic E-state index is -0.0625. The minimum Gasteiger partial charge on any atom is -0.327 e. The summed E-state index contributed by atoms with van der Waals surface area (Å²) in [5.74, 6) is 0.500. The summed E-state index contributed by atoms with van der Waals surface area (Å²) in [5.41, 5.74) is 0. The van der Waals surface area contributed by atoms with Crippen molar-refractivity contribution in [2.45, 2.75) is 26.8 Å². The first-order valence-corrected chi connectivity index (χ1v) is 4.11. The maximum absolute atomic E-state index is 11.2. The average molecular weight is 166 g/mol. The van der Waals surface area contributed by atoms with Gasteiger partial charge < -0.3 is 4.57 Å². The third-order valence-corrected chi connectivity index (χ3v) is 1.89. The lowest BCUT2D eigenvalue weighted by atomic mass is 10.0. The summed E-state index contributed by atoms with van der Waals surface area (Å²) in [7, 11) is 0. The maximum Gasteiger partial charge on any atom is 0.152 e. The second kappa shape index (κ2) is 3.52. The van der Waals surface area contributed by atoms with Crippen molar-refractivity contribution >= 4 is 5.78 Å². The lowest BCUT2D eigenvalue weighted by molar-refractivity contribution is -0.121. The lowest BCUT2D eigenvalue weighted by Crippen LogP contribution is -2.21. The van der Waals surface area contributed by atoms with Gasteiger partial charge in [-0.3, -0.25) is 4.79 Å². The van der Waals surface area contributed by atoms with Crippen LogP contribution in [0.15, 0.2) is 18.7 Å². The second-order valence-corrected chi connectivity index (χ2v) is 3.31. The monoisotopic (exact) mass is 166 g/mol. The SMILES string of the molecule is CC(=O)[C@H](C(C)C)n1ccnc1. The lowest BCUT2D eigenvalue weighted by Gasteiger charge is -2.18. The zero-order valence-corrected chi connectivity index (χ0v) is 7.69. The Morgan fingerprint density at radius 1 is 1.50 bits per heavy atom. The topological polar surface area (TPSA) is 34.9 Å². The molecule has 66 valence electrons. The van der Waals surface area contributed by atoms with Crippen LogP contribution in [0, 0.1) is 5.92 Å². The van der Waals surface area contributed by atoms with Crippen molar-refractivity contribution in [2.75, 3.05) is 0 Å². The average Bonchev–Trinajstić information content (AvgIpc) is 2.37. The number of carbonyl (C=O) groups is 1. The van der Waals surface area contributed by atoms with Crippen molar-refractivity contribution in [3.8, 4) is 0 Å². The summed E-state index contributed by atoms with van der Waals surface area (Å²) in [6.45, 7) is 5.68. The number of aromatic nitrogens is 2. The molecule has 1 aromatic heterocycles. The van der Waals surface area contributed by atoms with E-state index in [1.54, 1.807) is 19.4 Å².